The smallest absolute Gasteiger partial charge is 0.260 e. The molecule has 1 aromatic carbocycles. The number of pyridine rings is 1. The monoisotopic (exact) mass is 751 g/mol. The van der Waals surface area contributed by atoms with Crippen LogP contribution in [0.4, 0.5) is 5.95 Å². The van der Waals surface area contributed by atoms with E-state index in [2.05, 4.69) is 16.9 Å². The van der Waals surface area contributed by atoms with E-state index in [-0.39, 0.29) is 93.0 Å². The number of hydrogen-bond acceptors (Lipinski definition) is 10. The zero-order valence-corrected chi connectivity index (χ0v) is 31.2. The number of aromatic nitrogens is 3. The van der Waals surface area contributed by atoms with Crippen molar-refractivity contribution >= 4 is 57.8 Å². The topological polar surface area (TPSA) is 139 Å². The minimum Gasteiger partial charge on any atom is -0.495 e. The van der Waals surface area contributed by atoms with Crippen molar-refractivity contribution in [1.82, 2.24) is 29.2 Å². The lowest BCUT2D eigenvalue weighted by molar-refractivity contribution is -0.132. The summed E-state index contributed by atoms with van der Waals surface area (Å²) in [7, 11) is 6.78. The maximum Gasteiger partial charge on any atom is 0.260 e. The minimum atomic E-state index is -0.400. The number of ketones is 1. The standard InChI is InChI=1S/C37H43Cl2N7O6/c1-6-25(47)12-24-19-45(35(49)22-9-10-22)20-27(24)41-37-40-15-23-13-26(31-32(38)28(51-4)14-29(52-5)33(31)39)36(50)46(34(23)42-37)18-21-16-44(17-21)30(48)8-7-11-43(2)3/h6-8,13-15,21-22,24,27H,1,9-12,16-20H2,2-5H3,(H,40,41,42)/b8-7+. The molecule has 3 fully saturated rings. The van der Waals surface area contributed by atoms with E-state index in [0.29, 0.717) is 43.8 Å². The Bertz CT molecular complexity index is 1960. The Morgan fingerprint density at radius 1 is 1.04 bits per heavy atom. The lowest BCUT2D eigenvalue weighted by atomic mass is 9.97. The van der Waals surface area contributed by atoms with Gasteiger partial charge in [-0.15, -0.1) is 0 Å². The average molecular weight is 753 g/mol. The first kappa shape index (κ1) is 37.3. The molecule has 2 aromatic heterocycles. The van der Waals surface area contributed by atoms with Crippen LogP contribution < -0.4 is 20.3 Å². The van der Waals surface area contributed by atoms with Crippen molar-refractivity contribution < 1.29 is 23.9 Å². The number of halogens is 2. The molecule has 3 aromatic rings. The van der Waals surface area contributed by atoms with Gasteiger partial charge in [-0.1, -0.05) is 35.9 Å². The minimum absolute atomic E-state index is 0.0364. The molecule has 0 bridgehead atoms. The first-order chi connectivity index (χ1) is 24.9. The van der Waals surface area contributed by atoms with Crippen LogP contribution in [0.25, 0.3) is 22.2 Å². The molecule has 1 saturated carbocycles. The van der Waals surface area contributed by atoms with Gasteiger partial charge in [-0.25, -0.2) is 4.98 Å². The van der Waals surface area contributed by atoms with Crippen LogP contribution in [0.1, 0.15) is 19.3 Å². The van der Waals surface area contributed by atoms with Gasteiger partial charge in [0.1, 0.15) is 17.1 Å². The molecule has 0 spiro atoms. The molecule has 2 saturated heterocycles. The third-order valence-corrected chi connectivity index (χ3v) is 10.5. The van der Waals surface area contributed by atoms with Gasteiger partial charge in [-0.2, -0.15) is 4.98 Å². The molecular weight excluding hydrogens is 709 g/mol. The summed E-state index contributed by atoms with van der Waals surface area (Å²) in [6.07, 6.45) is 8.30. The van der Waals surface area contributed by atoms with Crippen molar-refractivity contribution in [1.29, 1.82) is 0 Å². The number of nitrogens with one attached hydrogen (secondary N) is 1. The van der Waals surface area contributed by atoms with E-state index in [1.54, 1.807) is 33.9 Å². The van der Waals surface area contributed by atoms with Crippen molar-refractivity contribution in [3.8, 4) is 22.6 Å². The molecule has 2 atom stereocenters. The highest BCUT2D eigenvalue weighted by molar-refractivity contribution is 6.41. The summed E-state index contributed by atoms with van der Waals surface area (Å²) < 4.78 is 12.5. The molecule has 6 rings (SSSR count). The Kier molecular flexibility index (Phi) is 11.2. The zero-order chi connectivity index (χ0) is 37.3. The molecule has 3 aliphatic rings. The van der Waals surface area contributed by atoms with Gasteiger partial charge < -0.3 is 29.5 Å². The third-order valence-electron chi connectivity index (χ3n) is 9.80. The summed E-state index contributed by atoms with van der Waals surface area (Å²) in [6, 6.07) is 2.91. The van der Waals surface area contributed by atoms with Crippen molar-refractivity contribution in [2.24, 2.45) is 17.8 Å². The van der Waals surface area contributed by atoms with E-state index in [1.165, 1.54) is 20.3 Å². The van der Waals surface area contributed by atoms with Crippen LogP contribution in [0.2, 0.25) is 10.0 Å². The second-order valence-corrected chi connectivity index (χ2v) is 14.7. The number of nitrogens with zero attached hydrogens (tertiary/aromatic N) is 6. The van der Waals surface area contributed by atoms with Crippen LogP contribution >= 0.6 is 23.2 Å². The number of allylic oxidation sites excluding steroid dienone is 1. The van der Waals surface area contributed by atoms with Crippen LogP contribution in [0.3, 0.4) is 0 Å². The second-order valence-electron chi connectivity index (χ2n) is 13.9. The van der Waals surface area contributed by atoms with Crippen LogP contribution in [0.5, 0.6) is 11.5 Å². The van der Waals surface area contributed by atoms with Gasteiger partial charge in [-0.05, 0) is 39.1 Å². The zero-order valence-electron chi connectivity index (χ0n) is 29.7. The molecule has 0 radical (unpaired) electrons. The molecule has 276 valence electrons. The Hall–Kier alpha value is -4.46. The molecule has 1 aliphatic carbocycles. The first-order valence-electron chi connectivity index (χ1n) is 17.2. The molecule has 4 heterocycles. The fourth-order valence-corrected chi connectivity index (χ4v) is 7.51. The highest BCUT2D eigenvalue weighted by Gasteiger charge is 2.41. The fourth-order valence-electron chi connectivity index (χ4n) is 6.81. The van der Waals surface area contributed by atoms with Gasteiger partial charge in [0.25, 0.3) is 5.56 Å². The molecule has 1 N–H and O–H groups in total. The number of benzene rings is 1. The van der Waals surface area contributed by atoms with Crippen molar-refractivity contribution in [2.45, 2.75) is 31.8 Å². The number of methoxy groups -OCH3 is 2. The van der Waals surface area contributed by atoms with E-state index >= 15 is 0 Å². The molecule has 2 aliphatic heterocycles. The highest BCUT2D eigenvalue weighted by atomic mass is 35.5. The molecule has 52 heavy (non-hydrogen) atoms. The second kappa shape index (κ2) is 15.6. The predicted molar refractivity (Wildman–Crippen MR) is 200 cm³/mol. The van der Waals surface area contributed by atoms with E-state index in [1.807, 2.05) is 30.0 Å². The van der Waals surface area contributed by atoms with Gasteiger partial charge in [0.05, 0.1) is 35.9 Å². The van der Waals surface area contributed by atoms with E-state index in [4.69, 9.17) is 37.7 Å². The van der Waals surface area contributed by atoms with Gasteiger partial charge >= 0.3 is 0 Å². The van der Waals surface area contributed by atoms with Crippen LogP contribution in [0, 0.1) is 17.8 Å². The fraction of sp³-hybridized carbons (Fsp3) is 0.459. The Morgan fingerprint density at radius 2 is 1.73 bits per heavy atom. The van der Waals surface area contributed by atoms with Gasteiger partial charge in [-0.3, -0.25) is 23.7 Å². The van der Waals surface area contributed by atoms with Crippen LogP contribution in [0.15, 0.2) is 47.9 Å². The van der Waals surface area contributed by atoms with Crippen LogP contribution in [-0.4, -0.2) is 114 Å². The SMILES string of the molecule is C=CC(=O)CC1CN(C(=O)C2CC2)CC1Nc1ncc2cc(-c3c(Cl)c(OC)cc(OC)c3Cl)c(=O)n(CC3CN(C(=O)/C=C/CN(C)C)C3)c2n1. The quantitative estimate of drug-likeness (QED) is 0.239. The lowest BCUT2D eigenvalue weighted by Crippen LogP contribution is -2.51. The molecule has 15 heteroatoms. The van der Waals surface area contributed by atoms with Crippen molar-refractivity contribution in [3.05, 3.63) is 63.5 Å². The van der Waals surface area contributed by atoms with Gasteiger partial charge in [0.15, 0.2) is 5.78 Å². The number of fused-ring (bicyclic) bond motifs is 1. The molecule has 2 amide bonds. The maximum atomic E-state index is 14.5. The summed E-state index contributed by atoms with van der Waals surface area (Å²) in [5, 5.41) is 4.21. The maximum absolute atomic E-state index is 14.5. The highest BCUT2D eigenvalue weighted by Crippen LogP contribution is 2.45. The number of rotatable bonds is 14. The lowest BCUT2D eigenvalue weighted by Gasteiger charge is -2.39. The van der Waals surface area contributed by atoms with E-state index < -0.39 is 5.56 Å². The van der Waals surface area contributed by atoms with Gasteiger partial charge in [0, 0.05) is 92.7 Å². The number of ether oxygens (including phenoxy) is 2. The summed E-state index contributed by atoms with van der Waals surface area (Å²) >= 11 is 13.6. The Balaban J connectivity index is 1.36. The number of amides is 2. The van der Waals surface area contributed by atoms with Gasteiger partial charge in [0.2, 0.25) is 17.8 Å². The molecular formula is C37H43Cl2N7O6. The van der Waals surface area contributed by atoms with Crippen LogP contribution in [-0.2, 0) is 20.9 Å². The summed E-state index contributed by atoms with van der Waals surface area (Å²) in [5.74, 6) is 0.575. The summed E-state index contributed by atoms with van der Waals surface area (Å²) in [5.41, 5.74) is 0.422. The molecule has 13 nitrogen and oxygen atoms in total. The predicted octanol–water partition coefficient (Wildman–Crippen LogP) is 4.15. The number of carbonyl (C=O) groups is 3. The molecule has 2 unspecified atom stereocenters. The largest absolute Gasteiger partial charge is 0.495 e. The average Bonchev–Trinajstić information content (AvgIpc) is 3.88. The number of hydrogen-bond donors (Lipinski definition) is 1. The van der Waals surface area contributed by atoms with E-state index in [9.17, 15) is 19.2 Å². The summed E-state index contributed by atoms with van der Waals surface area (Å²) in [6.45, 7) is 6.29. The van der Waals surface area contributed by atoms with E-state index in [0.717, 1.165) is 12.8 Å². The number of likely N-dealkylation sites (N-methyl/N-ethyl adjacent to an activating group) is 1. The Labute approximate surface area is 312 Å². The normalized spacial score (nSPS) is 19.0. The number of carbonyl (C=O) groups excluding carboxylic acids is 3. The first-order valence-corrected chi connectivity index (χ1v) is 18.0. The number of likely N-dealkylation sites (tertiary alicyclic amines) is 2. The van der Waals surface area contributed by atoms with Crippen molar-refractivity contribution in [3.63, 3.8) is 0 Å². The Morgan fingerprint density at radius 3 is 2.35 bits per heavy atom. The third kappa shape index (κ3) is 7.81. The van der Waals surface area contributed by atoms with Crippen molar-refractivity contribution in [2.75, 3.05) is 66.4 Å². The number of anilines is 1. The summed E-state index contributed by atoms with van der Waals surface area (Å²) in [4.78, 5) is 67.7.